The van der Waals surface area contributed by atoms with Gasteiger partial charge in [0.25, 0.3) is 5.91 Å². The van der Waals surface area contributed by atoms with Gasteiger partial charge in [-0.2, -0.15) is 0 Å². The molecule has 7 heteroatoms. The lowest BCUT2D eigenvalue weighted by molar-refractivity contribution is 0.0600. The summed E-state index contributed by atoms with van der Waals surface area (Å²) in [5.41, 5.74) is 5.75. The van der Waals surface area contributed by atoms with Crippen molar-refractivity contribution in [2.75, 3.05) is 12.4 Å². The molecule has 5 rings (SSSR count). The summed E-state index contributed by atoms with van der Waals surface area (Å²) in [6.45, 7) is 8.91. The molecule has 2 heterocycles. The van der Waals surface area contributed by atoms with Crippen LogP contribution in [0.4, 0.5) is 5.00 Å². The molecule has 0 bridgehead atoms. The average Bonchev–Trinajstić information content (AvgIpc) is 3.28. The van der Waals surface area contributed by atoms with Crippen LogP contribution in [0.25, 0.3) is 22.2 Å². The monoisotopic (exact) mass is 604 g/mol. The van der Waals surface area contributed by atoms with Gasteiger partial charge < -0.3 is 10.1 Å². The van der Waals surface area contributed by atoms with Crippen LogP contribution in [0, 0.1) is 18.3 Å². The van der Waals surface area contributed by atoms with Crippen LogP contribution in [0.3, 0.4) is 0 Å². The van der Waals surface area contributed by atoms with Crippen molar-refractivity contribution in [3.63, 3.8) is 0 Å². The Bertz CT molecular complexity index is 1590. The van der Waals surface area contributed by atoms with Crippen molar-refractivity contribution in [2.24, 2.45) is 11.3 Å². The molecule has 1 N–H and O–H groups in total. The van der Waals surface area contributed by atoms with Gasteiger partial charge in [-0.05, 0) is 73.4 Å². The van der Waals surface area contributed by atoms with Crippen LogP contribution in [-0.4, -0.2) is 24.0 Å². The van der Waals surface area contributed by atoms with Crippen molar-refractivity contribution < 1.29 is 14.3 Å². The molecule has 1 aliphatic carbocycles. The summed E-state index contributed by atoms with van der Waals surface area (Å²) in [6, 6.07) is 15.7. The fraction of sp³-hybridized carbons (Fsp3) is 0.344. The molecular formula is C32H33BrN2O3S. The van der Waals surface area contributed by atoms with Crippen molar-refractivity contribution in [2.45, 2.75) is 53.4 Å². The molecule has 202 valence electrons. The van der Waals surface area contributed by atoms with Gasteiger partial charge in [-0.3, -0.25) is 4.79 Å². The van der Waals surface area contributed by atoms with Gasteiger partial charge in [-0.25, -0.2) is 9.78 Å². The fourth-order valence-electron chi connectivity index (χ4n) is 5.46. The number of aryl methyl sites for hydroxylation is 1. The number of benzene rings is 2. The van der Waals surface area contributed by atoms with E-state index in [-0.39, 0.29) is 11.3 Å². The van der Waals surface area contributed by atoms with Crippen LogP contribution < -0.4 is 5.32 Å². The minimum Gasteiger partial charge on any atom is -0.465 e. The van der Waals surface area contributed by atoms with E-state index >= 15 is 0 Å². The van der Waals surface area contributed by atoms with Crippen molar-refractivity contribution in [3.8, 4) is 11.3 Å². The second kappa shape index (κ2) is 10.9. The SMILES string of the molecule is CCC(C)(C)[C@H]1CCc2c(sc(NC(=O)c3cc(-c4cccc(C)c4)nc4ccc(Br)cc34)c2C(=O)OC)C1. The first kappa shape index (κ1) is 27.5. The number of anilines is 1. The summed E-state index contributed by atoms with van der Waals surface area (Å²) in [5.74, 6) is -0.150. The van der Waals surface area contributed by atoms with E-state index in [1.54, 1.807) is 0 Å². The zero-order valence-corrected chi connectivity index (χ0v) is 25.4. The number of halogens is 1. The Balaban J connectivity index is 1.57. The minimum absolute atomic E-state index is 0.214. The first-order valence-electron chi connectivity index (χ1n) is 13.3. The number of methoxy groups -OCH3 is 1. The second-order valence-electron chi connectivity index (χ2n) is 11.0. The lowest BCUT2D eigenvalue weighted by Crippen LogP contribution is -2.28. The van der Waals surface area contributed by atoms with Crippen molar-refractivity contribution in [3.05, 3.63) is 80.1 Å². The van der Waals surface area contributed by atoms with Crippen LogP contribution in [0.2, 0.25) is 0 Å². The number of fused-ring (bicyclic) bond motifs is 2. The van der Waals surface area contributed by atoms with Crippen LogP contribution in [0.5, 0.6) is 0 Å². The maximum atomic E-state index is 13.9. The summed E-state index contributed by atoms with van der Waals surface area (Å²) in [6.07, 6.45) is 3.83. The standard InChI is InChI=1S/C32H33BrN2O3S/c1-6-32(3,4)20-10-12-22-27(15-20)39-30(28(22)31(37)38-5)35-29(36)24-17-26(19-9-7-8-18(2)14-19)34-25-13-11-21(33)16-23(24)25/h7-9,11,13-14,16-17,20H,6,10,12,15H2,1-5H3,(H,35,36)/t20-/m0/s1. The van der Waals surface area contributed by atoms with Crippen LogP contribution in [-0.2, 0) is 17.6 Å². The first-order chi connectivity index (χ1) is 18.6. The van der Waals surface area contributed by atoms with E-state index in [0.29, 0.717) is 22.0 Å². The Kier molecular flexibility index (Phi) is 7.66. The van der Waals surface area contributed by atoms with E-state index < -0.39 is 5.97 Å². The molecule has 0 spiro atoms. The summed E-state index contributed by atoms with van der Waals surface area (Å²) < 4.78 is 6.04. The maximum Gasteiger partial charge on any atom is 0.341 e. The van der Waals surface area contributed by atoms with Crippen LogP contribution in [0.15, 0.2) is 53.0 Å². The maximum absolute atomic E-state index is 13.9. The molecule has 1 amide bonds. The Morgan fingerprint density at radius 1 is 1.18 bits per heavy atom. The molecule has 0 fully saturated rings. The molecule has 1 atom stereocenters. The topological polar surface area (TPSA) is 68.3 Å². The molecular weight excluding hydrogens is 572 g/mol. The van der Waals surface area contributed by atoms with Crippen LogP contribution in [0.1, 0.15) is 70.3 Å². The number of amides is 1. The number of pyridine rings is 1. The minimum atomic E-state index is -0.404. The van der Waals surface area contributed by atoms with Crippen molar-refractivity contribution >= 4 is 55.0 Å². The smallest absolute Gasteiger partial charge is 0.341 e. The summed E-state index contributed by atoms with van der Waals surface area (Å²) >= 11 is 5.06. The Morgan fingerprint density at radius 3 is 2.69 bits per heavy atom. The third-order valence-electron chi connectivity index (χ3n) is 8.23. The van der Waals surface area contributed by atoms with E-state index in [4.69, 9.17) is 9.72 Å². The highest BCUT2D eigenvalue weighted by molar-refractivity contribution is 9.10. The van der Waals surface area contributed by atoms with Gasteiger partial charge in [0, 0.05) is 20.3 Å². The molecule has 4 aromatic rings. The van der Waals surface area contributed by atoms with Crippen LogP contribution >= 0.6 is 27.3 Å². The normalized spacial score (nSPS) is 15.2. The second-order valence-corrected chi connectivity index (χ2v) is 13.0. The number of carbonyl (C=O) groups excluding carboxylic acids is 2. The van der Waals surface area contributed by atoms with Crippen molar-refractivity contribution in [1.29, 1.82) is 0 Å². The molecule has 0 aliphatic heterocycles. The number of rotatable bonds is 6. The van der Waals surface area contributed by atoms with E-state index in [1.807, 2.05) is 49.4 Å². The number of nitrogens with one attached hydrogen (secondary N) is 1. The van der Waals surface area contributed by atoms with Gasteiger partial charge in [0.05, 0.1) is 29.4 Å². The molecule has 0 saturated heterocycles. The number of hydrogen-bond donors (Lipinski definition) is 1. The zero-order chi connectivity index (χ0) is 27.9. The molecule has 1 aliphatic rings. The van der Waals surface area contributed by atoms with Gasteiger partial charge in [0.15, 0.2) is 0 Å². The quantitative estimate of drug-likeness (QED) is 0.224. The molecule has 0 unspecified atom stereocenters. The van der Waals surface area contributed by atoms with Crippen molar-refractivity contribution in [1.82, 2.24) is 4.98 Å². The number of esters is 1. The highest BCUT2D eigenvalue weighted by Gasteiger charge is 2.35. The van der Waals surface area contributed by atoms with E-state index in [2.05, 4.69) is 48.1 Å². The number of ether oxygens (including phenoxy) is 1. The number of aromatic nitrogens is 1. The van der Waals surface area contributed by atoms with Gasteiger partial charge in [0.2, 0.25) is 0 Å². The zero-order valence-electron chi connectivity index (χ0n) is 23.0. The molecule has 0 saturated carbocycles. The third kappa shape index (κ3) is 5.39. The van der Waals surface area contributed by atoms with Gasteiger partial charge >= 0.3 is 5.97 Å². The highest BCUT2D eigenvalue weighted by Crippen LogP contribution is 2.46. The van der Waals surface area contributed by atoms with E-state index in [0.717, 1.165) is 63.4 Å². The third-order valence-corrected chi connectivity index (χ3v) is 9.89. The number of hydrogen-bond acceptors (Lipinski definition) is 5. The Labute approximate surface area is 242 Å². The lowest BCUT2D eigenvalue weighted by Gasteiger charge is -2.36. The molecule has 5 nitrogen and oxygen atoms in total. The lowest BCUT2D eigenvalue weighted by atomic mass is 9.69. The summed E-state index contributed by atoms with van der Waals surface area (Å²) in [7, 11) is 1.39. The Hall–Kier alpha value is -3.03. The summed E-state index contributed by atoms with van der Waals surface area (Å²) in [5, 5.41) is 4.40. The number of nitrogens with zero attached hydrogens (tertiary/aromatic N) is 1. The number of carbonyl (C=O) groups is 2. The Morgan fingerprint density at radius 2 is 1.97 bits per heavy atom. The van der Waals surface area contributed by atoms with E-state index in [1.165, 1.54) is 23.3 Å². The predicted octanol–water partition coefficient (Wildman–Crippen LogP) is 8.61. The summed E-state index contributed by atoms with van der Waals surface area (Å²) in [4.78, 5) is 32.9. The molecule has 2 aromatic carbocycles. The highest BCUT2D eigenvalue weighted by atomic mass is 79.9. The fourth-order valence-corrected chi connectivity index (χ4v) is 7.13. The predicted molar refractivity (Wildman–Crippen MR) is 163 cm³/mol. The van der Waals surface area contributed by atoms with Gasteiger partial charge in [-0.15, -0.1) is 11.3 Å². The number of thiophene rings is 1. The van der Waals surface area contributed by atoms with Gasteiger partial charge in [0.1, 0.15) is 5.00 Å². The molecule has 39 heavy (non-hydrogen) atoms. The first-order valence-corrected chi connectivity index (χ1v) is 14.9. The molecule has 2 aromatic heterocycles. The largest absolute Gasteiger partial charge is 0.465 e. The van der Waals surface area contributed by atoms with Gasteiger partial charge in [-0.1, -0.05) is 66.9 Å². The van der Waals surface area contributed by atoms with E-state index in [9.17, 15) is 9.59 Å². The average molecular weight is 606 g/mol. The molecule has 0 radical (unpaired) electrons.